The van der Waals surface area contributed by atoms with Crippen LogP contribution in [0.15, 0.2) is 35.7 Å². The zero-order chi connectivity index (χ0) is 11.4. The van der Waals surface area contributed by atoms with Crippen molar-refractivity contribution in [1.29, 1.82) is 0 Å². The molecule has 1 aromatic carbocycles. The standard InChI is InChI=1S/C11H10N2O2S.K/c14-10(15)9-7-16-11(13-9)12-6-8-4-2-1-3-5-8;/h1-5,7H,6H2,(H,12,13)(H,14,15);. The van der Waals surface area contributed by atoms with E-state index < -0.39 is 5.97 Å². The fourth-order valence-corrected chi connectivity index (χ4v) is 1.91. The molecule has 0 aliphatic heterocycles. The zero-order valence-electron chi connectivity index (χ0n) is 9.38. The maximum Gasteiger partial charge on any atom is 0.355 e. The molecule has 6 heteroatoms. The van der Waals surface area contributed by atoms with Crippen molar-refractivity contribution in [3.8, 4) is 0 Å². The molecule has 4 nitrogen and oxygen atoms in total. The molecule has 0 amide bonds. The summed E-state index contributed by atoms with van der Waals surface area (Å²) in [6.45, 7) is 0.646. The van der Waals surface area contributed by atoms with Crippen LogP contribution in [0.25, 0.3) is 0 Å². The van der Waals surface area contributed by atoms with Gasteiger partial charge >= 0.3 is 5.97 Å². The second-order valence-electron chi connectivity index (χ2n) is 3.18. The van der Waals surface area contributed by atoms with Gasteiger partial charge in [-0.05, 0) is 5.56 Å². The first-order valence-electron chi connectivity index (χ1n) is 4.72. The molecular weight excluding hydrogens is 263 g/mol. The molecule has 0 fully saturated rings. The quantitative estimate of drug-likeness (QED) is 0.837. The van der Waals surface area contributed by atoms with Crippen molar-refractivity contribution in [3.63, 3.8) is 0 Å². The maximum atomic E-state index is 10.6. The number of hydrogen-bond donors (Lipinski definition) is 2. The van der Waals surface area contributed by atoms with Gasteiger partial charge in [0.2, 0.25) is 0 Å². The summed E-state index contributed by atoms with van der Waals surface area (Å²) < 4.78 is 0. The number of hydrogen-bond acceptors (Lipinski definition) is 4. The third kappa shape index (κ3) is 4.49. The molecule has 83 valence electrons. The minimum Gasteiger partial charge on any atom is -0.476 e. The zero-order valence-corrected chi connectivity index (χ0v) is 13.3. The fourth-order valence-electron chi connectivity index (χ4n) is 1.23. The molecule has 2 rings (SSSR count). The largest absolute Gasteiger partial charge is 0.476 e. The summed E-state index contributed by atoms with van der Waals surface area (Å²) in [4.78, 5) is 14.5. The van der Waals surface area contributed by atoms with E-state index in [2.05, 4.69) is 10.3 Å². The molecule has 0 saturated heterocycles. The molecule has 0 unspecified atom stereocenters. The molecule has 0 saturated carbocycles. The monoisotopic (exact) mass is 273 g/mol. The van der Waals surface area contributed by atoms with Gasteiger partial charge in [-0.15, -0.1) is 11.3 Å². The van der Waals surface area contributed by atoms with Crippen LogP contribution in [0.3, 0.4) is 0 Å². The molecule has 1 heterocycles. The van der Waals surface area contributed by atoms with Gasteiger partial charge in [-0.1, -0.05) is 30.3 Å². The molecule has 17 heavy (non-hydrogen) atoms. The second kappa shape index (κ2) is 7.25. The molecule has 2 aromatic rings. The fraction of sp³-hybridized carbons (Fsp3) is 0.0909. The summed E-state index contributed by atoms with van der Waals surface area (Å²) in [5.41, 5.74) is 1.22. The van der Waals surface area contributed by atoms with Crippen molar-refractivity contribution in [3.05, 3.63) is 47.0 Å². The Morgan fingerprint density at radius 3 is 2.65 bits per heavy atom. The molecule has 0 atom stereocenters. The average molecular weight is 273 g/mol. The number of anilines is 1. The van der Waals surface area contributed by atoms with Gasteiger partial charge in [0.1, 0.15) is 0 Å². The van der Waals surface area contributed by atoms with Gasteiger partial charge in [0.05, 0.1) is 0 Å². The number of aromatic carboxylic acids is 1. The number of aromatic nitrogens is 1. The van der Waals surface area contributed by atoms with E-state index in [9.17, 15) is 4.79 Å². The van der Waals surface area contributed by atoms with Gasteiger partial charge in [0.25, 0.3) is 0 Å². The number of thiazole rings is 1. The van der Waals surface area contributed by atoms with Gasteiger partial charge < -0.3 is 10.4 Å². The Kier molecular flexibility index (Phi) is 6.32. The predicted molar refractivity (Wildman–Crippen MR) is 68.6 cm³/mol. The van der Waals surface area contributed by atoms with E-state index in [0.29, 0.717) is 11.7 Å². The Hall–Kier alpha value is -0.244. The van der Waals surface area contributed by atoms with Crippen LogP contribution >= 0.6 is 11.3 Å². The predicted octanol–water partition coefficient (Wildman–Crippen LogP) is 2.07. The Morgan fingerprint density at radius 2 is 2.06 bits per heavy atom. The average Bonchev–Trinajstić information content (AvgIpc) is 2.76. The van der Waals surface area contributed by atoms with E-state index in [4.69, 9.17) is 5.11 Å². The van der Waals surface area contributed by atoms with Crippen LogP contribution in [-0.4, -0.2) is 67.4 Å². The molecule has 1 aromatic heterocycles. The van der Waals surface area contributed by atoms with Crippen LogP contribution in [0.2, 0.25) is 0 Å². The number of nitrogens with zero attached hydrogens (tertiary/aromatic N) is 1. The minimum absolute atomic E-state index is 0. The first kappa shape index (κ1) is 14.8. The van der Waals surface area contributed by atoms with Crippen molar-refractivity contribution in [1.82, 2.24) is 4.98 Å². The number of carboxylic acid groups (broad SMARTS) is 1. The molecular formula is C11H10KN2O2S. The van der Waals surface area contributed by atoms with E-state index in [-0.39, 0.29) is 57.1 Å². The summed E-state index contributed by atoms with van der Waals surface area (Å²) in [5.74, 6) is -0.996. The molecule has 1 radical (unpaired) electrons. The maximum absolute atomic E-state index is 10.6. The molecule has 0 bridgehead atoms. The van der Waals surface area contributed by atoms with E-state index in [1.807, 2.05) is 30.3 Å². The van der Waals surface area contributed by atoms with Crippen molar-refractivity contribution in [2.45, 2.75) is 6.54 Å². The summed E-state index contributed by atoms with van der Waals surface area (Å²) >= 11 is 1.29. The van der Waals surface area contributed by atoms with Crippen molar-refractivity contribution in [2.75, 3.05) is 5.32 Å². The van der Waals surface area contributed by atoms with Gasteiger partial charge in [-0.25, -0.2) is 9.78 Å². The Labute approximate surface area is 146 Å². The van der Waals surface area contributed by atoms with Crippen molar-refractivity contribution < 1.29 is 9.90 Å². The van der Waals surface area contributed by atoms with Crippen LogP contribution in [0, 0.1) is 0 Å². The van der Waals surface area contributed by atoms with Gasteiger partial charge in [-0.3, -0.25) is 0 Å². The first-order valence-corrected chi connectivity index (χ1v) is 5.60. The van der Waals surface area contributed by atoms with Crippen LogP contribution in [0.1, 0.15) is 16.1 Å². The molecule has 0 aliphatic carbocycles. The molecule has 0 aliphatic rings. The third-order valence-corrected chi connectivity index (χ3v) is 2.81. The van der Waals surface area contributed by atoms with Gasteiger partial charge in [0, 0.05) is 63.3 Å². The second-order valence-corrected chi connectivity index (χ2v) is 4.04. The number of nitrogens with one attached hydrogen (secondary N) is 1. The SMILES string of the molecule is O=C(O)c1csc(NCc2ccccc2)n1.[K]. The van der Waals surface area contributed by atoms with Crippen LogP contribution in [0.4, 0.5) is 5.13 Å². The minimum atomic E-state index is -0.996. The number of carbonyl (C=O) groups is 1. The number of carboxylic acids is 1. The van der Waals surface area contributed by atoms with Gasteiger partial charge in [0.15, 0.2) is 10.8 Å². The number of benzene rings is 1. The smallest absolute Gasteiger partial charge is 0.355 e. The Morgan fingerprint density at radius 1 is 1.35 bits per heavy atom. The summed E-state index contributed by atoms with van der Waals surface area (Å²) in [6.07, 6.45) is 0. The van der Waals surface area contributed by atoms with Crippen molar-refractivity contribution in [2.24, 2.45) is 0 Å². The van der Waals surface area contributed by atoms with E-state index in [1.165, 1.54) is 16.7 Å². The summed E-state index contributed by atoms with van der Waals surface area (Å²) in [6, 6.07) is 9.87. The number of rotatable bonds is 4. The van der Waals surface area contributed by atoms with E-state index in [0.717, 1.165) is 5.56 Å². The van der Waals surface area contributed by atoms with E-state index in [1.54, 1.807) is 0 Å². The Bertz CT molecular complexity index is 487. The summed E-state index contributed by atoms with van der Waals surface area (Å²) in [7, 11) is 0. The first-order chi connectivity index (χ1) is 7.75. The summed E-state index contributed by atoms with van der Waals surface area (Å²) in [5, 5.41) is 13.9. The van der Waals surface area contributed by atoms with Crippen LogP contribution < -0.4 is 5.32 Å². The molecule has 2 N–H and O–H groups in total. The van der Waals surface area contributed by atoms with Gasteiger partial charge in [-0.2, -0.15) is 0 Å². The van der Waals surface area contributed by atoms with Crippen molar-refractivity contribution >= 4 is 73.8 Å². The molecule has 0 spiro atoms. The van der Waals surface area contributed by atoms with Crippen LogP contribution in [0.5, 0.6) is 0 Å². The third-order valence-electron chi connectivity index (χ3n) is 2.01. The Balaban J connectivity index is 0.00000144. The van der Waals surface area contributed by atoms with Crippen LogP contribution in [-0.2, 0) is 6.54 Å². The topological polar surface area (TPSA) is 62.2 Å². The van der Waals surface area contributed by atoms with E-state index >= 15 is 0 Å². The normalized spacial score (nSPS) is 9.41.